The van der Waals surface area contributed by atoms with Crippen LogP contribution in [0.1, 0.15) is 32.3 Å². The molecular formula is C20H34ClN3. The van der Waals surface area contributed by atoms with Gasteiger partial charge < -0.3 is 10.2 Å². The zero-order valence-electron chi connectivity index (χ0n) is 15.3. The highest BCUT2D eigenvalue weighted by atomic mass is 35.5. The number of benzene rings is 1. The molecule has 0 saturated carbocycles. The van der Waals surface area contributed by atoms with Gasteiger partial charge in [-0.25, -0.2) is 0 Å². The molecular weight excluding hydrogens is 318 g/mol. The number of hydrogen-bond donors (Lipinski definition) is 1. The zero-order valence-corrected chi connectivity index (χ0v) is 16.2. The summed E-state index contributed by atoms with van der Waals surface area (Å²) in [7, 11) is 0. The van der Waals surface area contributed by atoms with Gasteiger partial charge in [0, 0.05) is 32.7 Å². The molecule has 2 aliphatic heterocycles. The van der Waals surface area contributed by atoms with Gasteiger partial charge in [-0.2, -0.15) is 0 Å². The van der Waals surface area contributed by atoms with Crippen LogP contribution in [0, 0.1) is 11.3 Å². The van der Waals surface area contributed by atoms with E-state index in [0.29, 0.717) is 5.41 Å². The summed E-state index contributed by atoms with van der Waals surface area (Å²) in [6.07, 6.45) is 2.69. The lowest BCUT2D eigenvalue weighted by Crippen LogP contribution is -2.40. The average Bonchev–Trinajstić information content (AvgIpc) is 3.17. The summed E-state index contributed by atoms with van der Waals surface area (Å²) in [5.74, 6) is 0.844. The summed E-state index contributed by atoms with van der Waals surface area (Å²) in [4.78, 5) is 5.33. The maximum absolute atomic E-state index is 3.54. The Balaban J connectivity index is 0.00000208. The summed E-state index contributed by atoms with van der Waals surface area (Å²) in [6.45, 7) is 14.5. The lowest BCUT2D eigenvalue weighted by Gasteiger charge is -2.32. The number of rotatable bonds is 7. The number of nitrogens with zero attached hydrogens (tertiary/aromatic N) is 2. The van der Waals surface area contributed by atoms with Crippen LogP contribution in [-0.2, 0) is 6.54 Å². The second-order valence-corrected chi connectivity index (χ2v) is 7.94. The van der Waals surface area contributed by atoms with Gasteiger partial charge in [0.15, 0.2) is 0 Å². The highest BCUT2D eigenvalue weighted by molar-refractivity contribution is 5.85. The molecule has 2 atom stereocenters. The first-order valence-corrected chi connectivity index (χ1v) is 9.36. The number of nitrogens with one attached hydrogen (secondary N) is 1. The molecule has 0 spiro atoms. The maximum Gasteiger partial charge on any atom is 0.0233 e. The van der Waals surface area contributed by atoms with Crippen LogP contribution in [0.25, 0.3) is 0 Å². The highest BCUT2D eigenvalue weighted by Gasteiger charge is 2.32. The largest absolute Gasteiger partial charge is 0.316 e. The topological polar surface area (TPSA) is 18.5 Å². The Labute approximate surface area is 154 Å². The molecule has 24 heavy (non-hydrogen) atoms. The van der Waals surface area contributed by atoms with Gasteiger partial charge in [-0.1, -0.05) is 44.2 Å². The maximum atomic E-state index is 3.54. The molecule has 0 bridgehead atoms. The van der Waals surface area contributed by atoms with Crippen molar-refractivity contribution in [1.29, 1.82) is 0 Å². The fourth-order valence-electron chi connectivity index (χ4n) is 4.26. The third-order valence-electron chi connectivity index (χ3n) is 5.65. The van der Waals surface area contributed by atoms with E-state index in [0.717, 1.165) is 12.5 Å². The lowest BCUT2D eigenvalue weighted by molar-refractivity contribution is 0.161. The number of halogens is 1. The van der Waals surface area contributed by atoms with Crippen LogP contribution in [0.3, 0.4) is 0 Å². The lowest BCUT2D eigenvalue weighted by atomic mass is 9.89. The standard InChI is InChI=1S/C20H33N3.ClH/c1-3-22(17-20(2)10-11-21-16-20)14-19-9-12-23(15-19)13-18-7-5-4-6-8-18;/h4-8,19,21H,3,9-17H2,1-2H3;1H. The minimum absolute atomic E-state index is 0. The Morgan fingerprint density at radius 2 is 2.08 bits per heavy atom. The van der Waals surface area contributed by atoms with Crippen LogP contribution in [0.5, 0.6) is 0 Å². The molecule has 1 aromatic rings. The summed E-state index contributed by atoms with van der Waals surface area (Å²) in [6, 6.07) is 10.9. The Hall–Kier alpha value is -0.610. The molecule has 2 heterocycles. The minimum atomic E-state index is 0. The van der Waals surface area contributed by atoms with Crippen molar-refractivity contribution in [2.75, 3.05) is 45.8 Å². The molecule has 4 heteroatoms. The van der Waals surface area contributed by atoms with Gasteiger partial charge in [0.25, 0.3) is 0 Å². The molecule has 0 amide bonds. The van der Waals surface area contributed by atoms with Crippen LogP contribution in [0.15, 0.2) is 30.3 Å². The molecule has 3 rings (SSSR count). The Morgan fingerprint density at radius 3 is 2.75 bits per heavy atom. The first kappa shape index (κ1) is 19.7. The van der Waals surface area contributed by atoms with Gasteiger partial charge >= 0.3 is 0 Å². The van der Waals surface area contributed by atoms with Gasteiger partial charge in [0.2, 0.25) is 0 Å². The van der Waals surface area contributed by atoms with E-state index in [9.17, 15) is 0 Å². The smallest absolute Gasteiger partial charge is 0.0233 e. The summed E-state index contributed by atoms with van der Waals surface area (Å²) >= 11 is 0. The van der Waals surface area contributed by atoms with Gasteiger partial charge in [-0.05, 0) is 49.4 Å². The number of likely N-dealkylation sites (tertiary alicyclic amines) is 1. The van der Waals surface area contributed by atoms with Crippen LogP contribution < -0.4 is 5.32 Å². The van der Waals surface area contributed by atoms with E-state index >= 15 is 0 Å². The van der Waals surface area contributed by atoms with E-state index in [1.807, 2.05) is 0 Å². The van der Waals surface area contributed by atoms with Crippen molar-refractivity contribution in [1.82, 2.24) is 15.1 Å². The van der Waals surface area contributed by atoms with E-state index in [2.05, 4.69) is 59.3 Å². The van der Waals surface area contributed by atoms with Crippen LogP contribution in [0.2, 0.25) is 0 Å². The van der Waals surface area contributed by atoms with Crippen molar-refractivity contribution >= 4 is 12.4 Å². The predicted octanol–water partition coefficient (Wildman–Crippen LogP) is 3.25. The van der Waals surface area contributed by atoms with Gasteiger partial charge in [0.1, 0.15) is 0 Å². The van der Waals surface area contributed by atoms with Gasteiger partial charge in [-0.15, -0.1) is 12.4 Å². The predicted molar refractivity (Wildman–Crippen MR) is 105 cm³/mol. The molecule has 2 fully saturated rings. The van der Waals surface area contributed by atoms with Crippen molar-refractivity contribution in [3.63, 3.8) is 0 Å². The highest BCUT2D eigenvalue weighted by Crippen LogP contribution is 2.27. The second kappa shape index (κ2) is 9.19. The molecule has 2 aliphatic rings. The quantitative estimate of drug-likeness (QED) is 0.813. The van der Waals surface area contributed by atoms with Gasteiger partial charge in [0.05, 0.1) is 0 Å². The average molecular weight is 352 g/mol. The van der Waals surface area contributed by atoms with E-state index in [1.165, 1.54) is 64.2 Å². The number of hydrogen-bond acceptors (Lipinski definition) is 3. The van der Waals surface area contributed by atoms with E-state index in [4.69, 9.17) is 0 Å². The minimum Gasteiger partial charge on any atom is -0.316 e. The first-order chi connectivity index (χ1) is 11.2. The van der Waals surface area contributed by atoms with Crippen molar-refractivity contribution in [3.8, 4) is 0 Å². The Bertz CT molecular complexity index is 473. The molecule has 0 radical (unpaired) electrons. The molecule has 1 N–H and O–H groups in total. The molecule has 0 aliphatic carbocycles. The molecule has 136 valence electrons. The van der Waals surface area contributed by atoms with Crippen molar-refractivity contribution in [2.24, 2.45) is 11.3 Å². The van der Waals surface area contributed by atoms with Crippen molar-refractivity contribution in [3.05, 3.63) is 35.9 Å². The van der Waals surface area contributed by atoms with Crippen molar-refractivity contribution < 1.29 is 0 Å². The zero-order chi connectivity index (χ0) is 16.1. The fourth-order valence-corrected chi connectivity index (χ4v) is 4.26. The summed E-state index contributed by atoms with van der Waals surface area (Å²) < 4.78 is 0. The van der Waals surface area contributed by atoms with Gasteiger partial charge in [-0.3, -0.25) is 4.90 Å². The van der Waals surface area contributed by atoms with E-state index in [-0.39, 0.29) is 12.4 Å². The SMILES string of the molecule is CCN(CC1CCN(Cc2ccccc2)C1)CC1(C)CCNC1.Cl. The molecule has 2 saturated heterocycles. The van der Waals surface area contributed by atoms with Crippen LogP contribution in [0.4, 0.5) is 0 Å². The molecule has 3 nitrogen and oxygen atoms in total. The molecule has 0 aromatic heterocycles. The van der Waals surface area contributed by atoms with E-state index < -0.39 is 0 Å². The molecule has 2 unspecified atom stereocenters. The normalized spacial score (nSPS) is 27.5. The summed E-state index contributed by atoms with van der Waals surface area (Å²) in [5, 5.41) is 3.54. The third-order valence-corrected chi connectivity index (χ3v) is 5.65. The van der Waals surface area contributed by atoms with E-state index in [1.54, 1.807) is 0 Å². The molecule has 1 aromatic carbocycles. The van der Waals surface area contributed by atoms with Crippen molar-refractivity contribution in [2.45, 2.75) is 33.2 Å². The Morgan fingerprint density at radius 1 is 1.29 bits per heavy atom. The summed E-state index contributed by atoms with van der Waals surface area (Å²) in [5.41, 5.74) is 1.93. The monoisotopic (exact) mass is 351 g/mol. The third kappa shape index (κ3) is 5.45. The van der Waals surface area contributed by atoms with Crippen LogP contribution >= 0.6 is 12.4 Å². The van der Waals surface area contributed by atoms with Crippen LogP contribution in [-0.4, -0.2) is 55.6 Å². The Kier molecular flexibility index (Phi) is 7.55. The second-order valence-electron chi connectivity index (χ2n) is 7.94. The first-order valence-electron chi connectivity index (χ1n) is 9.36. The fraction of sp³-hybridized carbons (Fsp3) is 0.700.